The van der Waals surface area contributed by atoms with Crippen molar-refractivity contribution in [2.45, 2.75) is 33.1 Å². The second-order valence-corrected chi connectivity index (χ2v) is 5.91. The molecule has 0 aliphatic heterocycles. The summed E-state index contributed by atoms with van der Waals surface area (Å²) in [7, 11) is 0. The van der Waals surface area contributed by atoms with E-state index in [1.54, 1.807) is 4.90 Å². The molecule has 0 bridgehead atoms. The summed E-state index contributed by atoms with van der Waals surface area (Å²) in [6.45, 7) is 4.47. The number of anilines is 1. The summed E-state index contributed by atoms with van der Waals surface area (Å²) < 4.78 is 0. The van der Waals surface area contributed by atoms with Gasteiger partial charge in [-0.25, -0.2) is 0 Å². The van der Waals surface area contributed by atoms with Gasteiger partial charge in [0.2, 0.25) is 0 Å². The maximum atomic E-state index is 10.8. The quantitative estimate of drug-likeness (QED) is 0.764. The fourth-order valence-electron chi connectivity index (χ4n) is 1.93. The van der Waals surface area contributed by atoms with Crippen LogP contribution >= 0.6 is 11.3 Å². The van der Waals surface area contributed by atoms with E-state index in [2.05, 4.69) is 6.07 Å². The van der Waals surface area contributed by atoms with Gasteiger partial charge >= 0.3 is 11.9 Å². The van der Waals surface area contributed by atoms with Crippen LogP contribution in [-0.4, -0.2) is 35.2 Å². The van der Waals surface area contributed by atoms with Crippen LogP contribution in [0.4, 0.5) is 5.00 Å². The predicted molar refractivity (Wildman–Crippen MR) is 79.8 cm³/mol. The third kappa shape index (κ3) is 4.76. The van der Waals surface area contributed by atoms with E-state index < -0.39 is 11.9 Å². The molecule has 0 unspecified atom stereocenters. The Morgan fingerprint density at radius 1 is 1.19 bits per heavy atom. The number of hydrogen-bond donors (Lipinski definition) is 2. The van der Waals surface area contributed by atoms with Gasteiger partial charge in [0.05, 0.1) is 12.0 Å². The summed E-state index contributed by atoms with van der Waals surface area (Å²) in [6, 6.07) is 2.16. The van der Waals surface area contributed by atoms with E-state index in [4.69, 9.17) is 10.2 Å². The number of carboxylic acids is 2. The van der Waals surface area contributed by atoms with Crippen LogP contribution in [0.5, 0.6) is 0 Å². The van der Waals surface area contributed by atoms with Crippen molar-refractivity contribution in [2.75, 3.05) is 18.0 Å². The minimum Gasteiger partial charge on any atom is -0.481 e. The Morgan fingerprint density at radius 3 is 2.33 bits per heavy atom. The van der Waals surface area contributed by atoms with Gasteiger partial charge in [0.15, 0.2) is 0 Å². The third-order valence-electron chi connectivity index (χ3n) is 3.18. The van der Waals surface area contributed by atoms with E-state index >= 15 is 0 Å². The molecule has 6 nitrogen and oxygen atoms in total. The second-order valence-electron chi connectivity index (χ2n) is 4.70. The number of carboxylic acid groups (broad SMARTS) is 2. The summed E-state index contributed by atoms with van der Waals surface area (Å²) in [5.74, 6) is -1.80. The van der Waals surface area contributed by atoms with Crippen molar-refractivity contribution < 1.29 is 19.8 Å². The Balaban J connectivity index is 2.94. The first-order valence-electron chi connectivity index (χ1n) is 6.55. The molecule has 1 rings (SSSR count). The molecule has 0 aliphatic carbocycles. The molecule has 0 saturated heterocycles. The van der Waals surface area contributed by atoms with Gasteiger partial charge in [-0.2, -0.15) is 5.26 Å². The summed E-state index contributed by atoms with van der Waals surface area (Å²) >= 11 is 1.45. The topological polar surface area (TPSA) is 102 Å². The molecule has 0 aliphatic rings. The average Bonchev–Trinajstić information content (AvgIpc) is 2.68. The van der Waals surface area contributed by atoms with Crippen molar-refractivity contribution in [3.05, 3.63) is 16.0 Å². The maximum absolute atomic E-state index is 10.8. The van der Waals surface area contributed by atoms with Gasteiger partial charge in [-0.15, -0.1) is 11.3 Å². The highest BCUT2D eigenvalue weighted by Gasteiger charge is 2.19. The number of nitriles is 1. The van der Waals surface area contributed by atoms with Gasteiger partial charge in [0.1, 0.15) is 11.1 Å². The number of hydrogen-bond acceptors (Lipinski definition) is 5. The van der Waals surface area contributed by atoms with E-state index in [0.29, 0.717) is 18.5 Å². The minimum atomic E-state index is -0.915. The highest BCUT2D eigenvalue weighted by atomic mass is 32.1. The molecule has 0 radical (unpaired) electrons. The Kier molecular flexibility index (Phi) is 6.18. The molecular formula is C14H18N2O4S. The first-order chi connectivity index (χ1) is 9.86. The van der Waals surface area contributed by atoms with Gasteiger partial charge in [0.25, 0.3) is 0 Å². The van der Waals surface area contributed by atoms with Crippen LogP contribution in [-0.2, 0) is 9.59 Å². The highest BCUT2D eigenvalue weighted by Crippen LogP contribution is 2.35. The Labute approximate surface area is 127 Å². The highest BCUT2D eigenvalue weighted by molar-refractivity contribution is 7.16. The Bertz CT molecular complexity index is 574. The van der Waals surface area contributed by atoms with Crippen molar-refractivity contribution in [2.24, 2.45) is 0 Å². The number of rotatable bonds is 8. The predicted octanol–water partition coefficient (Wildman–Crippen LogP) is 2.38. The molecule has 0 atom stereocenters. The minimum absolute atomic E-state index is 0.0226. The number of aliphatic carboxylic acids is 2. The second kappa shape index (κ2) is 7.64. The molecule has 2 N–H and O–H groups in total. The van der Waals surface area contributed by atoms with Gasteiger partial charge in [-0.05, 0) is 25.8 Å². The maximum Gasteiger partial charge on any atom is 0.305 e. The Hall–Kier alpha value is -2.07. The van der Waals surface area contributed by atoms with E-state index in [9.17, 15) is 14.9 Å². The van der Waals surface area contributed by atoms with Crippen LogP contribution in [0, 0.1) is 25.2 Å². The van der Waals surface area contributed by atoms with E-state index in [1.807, 2.05) is 13.8 Å². The van der Waals surface area contributed by atoms with Crippen LogP contribution < -0.4 is 4.90 Å². The van der Waals surface area contributed by atoms with Gasteiger partial charge in [-0.1, -0.05) is 0 Å². The van der Waals surface area contributed by atoms with E-state index in [-0.39, 0.29) is 19.4 Å². The van der Waals surface area contributed by atoms with E-state index in [0.717, 1.165) is 15.4 Å². The molecular weight excluding hydrogens is 292 g/mol. The van der Waals surface area contributed by atoms with Crippen molar-refractivity contribution in [3.8, 4) is 6.07 Å². The summed E-state index contributed by atoms with van der Waals surface area (Å²) in [4.78, 5) is 24.2. The Morgan fingerprint density at radius 2 is 1.81 bits per heavy atom. The smallest absolute Gasteiger partial charge is 0.305 e. The number of aryl methyl sites for hydroxylation is 1. The fraction of sp³-hybridized carbons (Fsp3) is 0.500. The number of thiophene rings is 1. The van der Waals surface area contributed by atoms with Crippen molar-refractivity contribution in [1.82, 2.24) is 0 Å². The zero-order valence-electron chi connectivity index (χ0n) is 12.0. The van der Waals surface area contributed by atoms with Gasteiger partial charge in [0, 0.05) is 24.4 Å². The molecule has 0 fully saturated rings. The van der Waals surface area contributed by atoms with Crippen molar-refractivity contribution in [1.29, 1.82) is 5.26 Å². The average molecular weight is 310 g/mol. The summed E-state index contributed by atoms with van der Waals surface area (Å²) in [5.41, 5.74) is 1.45. The van der Waals surface area contributed by atoms with Gasteiger partial charge < -0.3 is 15.1 Å². The lowest BCUT2D eigenvalue weighted by atomic mass is 10.1. The molecule has 0 spiro atoms. The molecule has 0 aromatic carbocycles. The summed E-state index contributed by atoms with van der Waals surface area (Å²) in [6.07, 6.45) is 0.387. The van der Waals surface area contributed by atoms with Gasteiger partial charge in [-0.3, -0.25) is 9.59 Å². The van der Waals surface area contributed by atoms with Crippen LogP contribution in [0.3, 0.4) is 0 Å². The normalized spacial score (nSPS) is 10.1. The third-order valence-corrected chi connectivity index (χ3v) is 4.45. The lowest BCUT2D eigenvalue weighted by Gasteiger charge is -2.22. The summed E-state index contributed by atoms with van der Waals surface area (Å²) in [5, 5.41) is 27.5. The van der Waals surface area contributed by atoms with E-state index in [1.165, 1.54) is 11.3 Å². The standard InChI is InChI=1S/C14H18N2O4S/c1-9-10(2)21-14(11(9)8-15)16(7-5-13(19)20)6-3-4-12(17)18/h3-7H2,1-2H3,(H,17,18)(H,19,20). The first kappa shape index (κ1) is 17.0. The lowest BCUT2D eigenvalue weighted by Crippen LogP contribution is -2.27. The van der Waals surface area contributed by atoms with Crippen LogP contribution in [0.15, 0.2) is 0 Å². The lowest BCUT2D eigenvalue weighted by molar-refractivity contribution is -0.138. The molecule has 7 heteroatoms. The van der Waals surface area contributed by atoms with Crippen LogP contribution in [0.25, 0.3) is 0 Å². The molecule has 21 heavy (non-hydrogen) atoms. The molecule has 1 aromatic heterocycles. The molecule has 0 amide bonds. The first-order valence-corrected chi connectivity index (χ1v) is 7.37. The van der Waals surface area contributed by atoms with Crippen molar-refractivity contribution >= 4 is 28.3 Å². The monoisotopic (exact) mass is 310 g/mol. The largest absolute Gasteiger partial charge is 0.481 e. The molecule has 114 valence electrons. The van der Waals surface area contributed by atoms with Crippen molar-refractivity contribution in [3.63, 3.8) is 0 Å². The van der Waals surface area contributed by atoms with Crippen LogP contribution in [0.1, 0.15) is 35.3 Å². The SMILES string of the molecule is Cc1sc(N(CCCC(=O)O)CCC(=O)O)c(C#N)c1C. The molecule has 1 heterocycles. The zero-order valence-corrected chi connectivity index (χ0v) is 12.9. The zero-order chi connectivity index (χ0) is 16.0. The molecule has 1 aromatic rings. The number of nitrogens with zero attached hydrogens (tertiary/aromatic N) is 2. The fourth-order valence-corrected chi connectivity index (χ4v) is 3.09. The number of carbonyl (C=O) groups is 2. The van der Waals surface area contributed by atoms with Crippen LogP contribution in [0.2, 0.25) is 0 Å². The molecule has 0 saturated carbocycles.